The molecule has 1 saturated carbocycles. The molecule has 1 aliphatic heterocycles. The molecule has 4 aromatic rings. The van der Waals surface area contributed by atoms with Crippen molar-refractivity contribution in [3.8, 4) is 22.5 Å². The van der Waals surface area contributed by atoms with Crippen molar-refractivity contribution in [1.29, 1.82) is 0 Å². The predicted octanol–water partition coefficient (Wildman–Crippen LogP) is 3.74. The van der Waals surface area contributed by atoms with Crippen LogP contribution in [0.15, 0.2) is 30.7 Å². The van der Waals surface area contributed by atoms with Gasteiger partial charge in [0.1, 0.15) is 17.3 Å². The molecule has 10 heteroatoms. The van der Waals surface area contributed by atoms with Crippen LogP contribution in [0.3, 0.4) is 0 Å². The van der Waals surface area contributed by atoms with Crippen molar-refractivity contribution in [2.75, 3.05) is 0 Å². The summed E-state index contributed by atoms with van der Waals surface area (Å²) in [7, 11) is 0. The number of halogens is 4. The van der Waals surface area contributed by atoms with Gasteiger partial charge in [0.2, 0.25) is 0 Å². The Balaban J connectivity index is 1.63. The van der Waals surface area contributed by atoms with E-state index in [1.165, 1.54) is 23.0 Å². The lowest BCUT2D eigenvalue weighted by molar-refractivity contribution is 0.0630. The minimum Gasteiger partial charge on any atom is -0.267 e. The summed E-state index contributed by atoms with van der Waals surface area (Å²) in [6.45, 7) is 0.0464. The van der Waals surface area contributed by atoms with Gasteiger partial charge in [-0.3, -0.25) is 14.8 Å². The van der Waals surface area contributed by atoms with Crippen molar-refractivity contribution < 1.29 is 17.6 Å². The van der Waals surface area contributed by atoms with Crippen LogP contribution < -0.4 is 0 Å². The normalized spacial score (nSPS) is 21.8. The lowest BCUT2D eigenvalue weighted by Crippen LogP contribution is -2.13. The summed E-state index contributed by atoms with van der Waals surface area (Å²) in [6, 6.07) is 2.66. The first-order valence-electron chi connectivity index (χ1n) is 8.96. The van der Waals surface area contributed by atoms with E-state index in [1.807, 2.05) is 0 Å². The van der Waals surface area contributed by atoms with Gasteiger partial charge in [-0.2, -0.15) is 10.2 Å². The van der Waals surface area contributed by atoms with Crippen LogP contribution in [-0.2, 0) is 13.0 Å². The van der Waals surface area contributed by atoms with Gasteiger partial charge >= 0.3 is 0 Å². The molecule has 4 aromatic heterocycles. The fourth-order valence-corrected chi connectivity index (χ4v) is 4.30. The van der Waals surface area contributed by atoms with Crippen LogP contribution in [0.1, 0.15) is 12.1 Å². The van der Waals surface area contributed by atoms with Crippen LogP contribution in [0.2, 0.25) is 0 Å². The van der Waals surface area contributed by atoms with E-state index in [2.05, 4.69) is 25.3 Å². The molecular formula is C19H12F4N6. The van der Waals surface area contributed by atoms with E-state index >= 15 is 0 Å². The van der Waals surface area contributed by atoms with Gasteiger partial charge in [-0.05, 0) is 12.1 Å². The number of nitrogens with zero attached hydrogens (tertiary/aromatic N) is 5. The highest BCUT2D eigenvalue weighted by atomic mass is 19.3. The van der Waals surface area contributed by atoms with Crippen molar-refractivity contribution in [3.05, 3.63) is 48.1 Å². The Morgan fingerprint density at radius 3 is 2.59 bits per heavy atom. The van der Waals surface area contributed by atoms with Gasteiger partial charge in [-0.15, -0.1) is 0 Å². The lowest BCUT2D eigenvalue weighted by atomic mass is 9.94. The van der Waals surface area contributed by atoms with Crippen LogP contribution in [0.4, 0.5) is 17.6 Å². The zero-order valence-electron chi connectivity index (χ0n) is 14.8. The molecule has 6 nitrogen and oxygen atoms in total. The molecule has 0 amide bonds. The Morgan fingerprint density at radius 1 is 1.03 bits per heavy atom. The molecule has 0 saturated heterocycles. The number of aromatic amines is 1. The zero-order chi connectivity index (χ0) is 20.0. The van der Waals surface area contributed by atoms with Crippen molar-refractivity contribution in [2.45, 2.75) is 25.3 Å². The molecule has 2 aliphatic rings. The Labute approximate surface area is 160 Å². The van der Waals surface area contributed by atoms with E-state index in [0.717, 1.165) is 12.4 Å². The second-order valence-corrected chi connectivity index (χ2v) is 7.64. The van der Waals surface area contributed by atoms with Gasteiger partial charge in [0.25, 0.3) is 5.92 Å². The minimum absolute atomic E-state index is 0.0464. The number of nitrogens with one attached hydrogen (secondary N) is 1. The molecule has 1 aliphatic carbocycles. The van der Waals surface area contributed by atoms with Crippen LogP contribution >= 0.6 is 0 Å². The molecule has 146 valence electrons. The average Bonchev–Trinajstić information content (AvgIpc) is 3.12. The Hall–Kier alpha value is -3.30. The number of pyridine rings is 2. The van der Waals surface area contributed by atoms with Gasteiger partial charge in [0, 0.05) is 35.0 Å². The largest absolute Gasteiger partial charge is 0.267 e. The standard InChI is InChI=1S/C19H12F4N6/c20-9-1-2-12(24-4-9)16-15(14-10-5-26-27-17(10)25-6-11(14)21)13-3-18(7-19(18,22)23)8-29(13)28-16/h1-2,4-6H,3,7-8H2,(H,25,26,27)/t18-/m0/s1. The molecule has 1 atom stereocenters. The zero-order valence-corrected chi connectivity index (χ0v) is 14.8. The second-order valence-electron chi connectivity index (χ2n) is 7.64. The Morgan fingerprint density at radius 2 is 1.86 bits per heavy atom. The average molecular weight is 400 g/mol. The van der Waals surface area contributed by atoms with Gasteiger partial charge in [-0.25, -0.2) is 22.5 Å². The number of fused-ring (bicyclic) bond motifs is 2. The summed E-state index contributed by atoms with van der Waals surface area (Å²) < 4.78 is 57.9. The van der Waals surface area contributed by atoms with Crippen LogP contribution in [0.5, 0.6) is 0 Å². The van der Waals surface area contributed by atoms with Crippen molar-refractivity contribution in [2.24, 2.45) is 5.41 Å². The second kappa shape index (κ2) is 5.19. The summed E-state index contributed by atoms with van der Waals surface area (Å²) >= 11 is 0. The van der Waals surface area contributed by atoms with Gasteiger partial charge < -0.3 is 0 Å². The summed E-state index contributed by atoms with van der Waals surface area (Å²) in [6.07, 6.45) is 3.38. The topological polar surface area (TPSA) is 72.3 Å². The van der Waals surface area contributed by atoms with Gasteiger partial charge in [-0.1, -0.05) is 0 Å². The molecule has 0 aromatic carbocycles. The molecule has 1 spiro atoms. The van der Waals surface area contributed by atoms with E-state index in [1.54, 1.807) is 0 Å². The third-order valence-electron chi connectivity index (χ3n) is 5.88. The highest BCUT2D eigenvalue weighted by Gasteiger charge is 2.73. The molecule has 0 bridgehead atoms. The highest BCUT2D eigenvalue weighted by molar-refractivity contribution is 5.97. The Kier molecular flexibility index (Phi) is 2.98. The van der Waals surface area contributed by atoms with E-state index in [0.29, 0.717) is 33.7 Å². The monoisotopic (exact) mass is 400 g/mol. The van der Waals surface area contributed by atoms with E-state index < -0.39 is 23.0 Å². The first-order chi connectivity index (χ1) is 13.9. The number of rotatable bonds is 2. The van der Waals surface area contributed by atoms with Crippen molar-refractivity contribution in [3.63, 3.8) is 0 Å². The molecular weight excluding hydrogens is 388 g/mol. The maximum atomic E-state index is 15.0. The SMILES string of the molecule is Fc1ccc(-c2nn3c(c2-c2c(F)cnc4[nH]ncc24)C[C@@]2(C3)CC2(F)F)nc1. The lowest BCUT2D eigenvalue weighted by Gasteiger charge is -2.10. The molecule has 1 fully saturated rings. The molecule has 29 heavy (non-hydrogen) atoms. The van der Waals surface area contributed by atoms with E-state index in [9.17, 15) is 17.6 Å². The predicted molar refractivity (Wildman–Crippen MR) is 94.0 cm³/mol. The van der Waals surface area contributed by atoms with Crippen LogP contribution in [0.25, 0.3) is 33.5 Å². The summed E-state index contributed by atoms with van der Waals surface area (Å²) in [5, 5.41) is 11.5. The number of aromatic nitrogens is 6. The number of alkyl halides is 2. The summed E-state index contributed by atoms with van der Waals surface area (Å²) in [5.74, 6) is -3.91. The number of hydrogen-bond donors (Lipinski definition) is 1. The van der Waals surface area contributed by atoms with Crippen molar-refractivity contribution >= 4 is 11.0 Å². The summed E-state index contributed by atoms with van der Waals surface area (Å²) in [4.78, 5) is 8.04. The first-order valence-corrected chi connectivity index (χ1v) is 8.96. The maximum Gasteiger partial charge on any atom is 0.256 e. The van der Waals surface area contributed by atoms with Crippen molar-refractivity contribution in [1.82, 2.24) is 29.9 Å². The van der Waals surface area contributed by atoms with Gasteiger partial charge in [0.15, 0.2) is 5.65 Å². The third kappa shape index (κ3) is 2.16. The number of H-pyrrole nitrogens is 1. The molecule has 6 rings (SSSR count). The van der Waals surface area contributed by atoms with Gasteiger partial charge in [0.05, 0.1) is 36.2 Å². The minimum atomic E-state index is -2.76. The van der Waals surface area contributed by atoms with E-state index in [-0.39, 0.29) is 24.9 Å². The third-order valence-corrected chi connectivity index (χ3v) is 5.88. The smallest absolute Gasteiger partial charge is 0.256 e. The molecule has 0 radical (unpaired) electrons. The maximum absolute atomic E-state index is 15.0. The van der Waals surface area contributed by atoms with Crippen LogP contribution in [-0.4, -0.2) is 35.9 Å². The highest BCUT2D eigenvalue weighted by Crippen LogP contribution is 2.66. The molecule has 1 N–H and O–H groups in total. The number of hydrogen-bond acceptors (Lipinski definition) is 4. The van der Waals surface area contributed by atoms with Crippen LogP contribution in [0, 0.1) is 17.0 Å². The molecule has 0 unspecified atom stereocenters. The molecule has 5 heterocycles. The fourth-order valence-electron chi connectivity index (χ4n) is 4.30. The fraction of sp³-hybridized carbons (Fsp3) is 0.263. The quantitative estimate of drug-likeness (QED) is 0.521. The summed E-state index contributed by atoms with van der Waals surface area (Å²) in [5.41, 5.74) is 0.888. The first kappa shape index (κ1) is 16.6. The van der Waals surface area contributed by atoms with E-state index in [4.69, 9.17) is 0 Å². The Bertz CT molecular complexity index is 1290.